The summed E-state index contributed by atoms with van der Waals surface area (Å²) in [7, 11) is 1.91. The molecule has 0 saturated heterocycles. The number of rotatable bonds is 5. The van der Waals surface area contributed by atoms with Crippen molar-refractivity contribution < 1.29 is 4.79 Å². The van der Waals surface area contributed by atoms with Crippen molar-refractivity contribution in [2.45, 2.75) is 44.1 Å². The van der Waals surface area contributed by atoms with Crippen molar-refractivity contribution in [1.29, 1.82) is 0 Å². The molecule has 7 nitrogen and oxygen atoms in total. The zero-order chi connectivity index (χ0) is 15.8. The summed E-state index contributed by atoms with van der Waals surface area (Å²) in [5, 5.41) is 18.2. The third-order valence-corrected chi connectivity index (χ3v) is 4.34. The third-order valence-electron chi connectivity index (χ3n) is 4.34. The first-order valence-electron chi connectivity index (χ1n) is 8.10. The van der Waals surface area contributed by atoms with Gasteiger partial charge in [-0.15, -0.1) is 5.10 Å². The summed E-state index contributed by atoms with van der Waals surface area (Å²) in [6.07, 6.45) is 4.82. The van der Waals surface area contributed by atoms with Gasteiger partial charge in [-0.05, 0) is 43.9 Å². The fourth-order valence-electron chi connectivity index (χ4n) is 2.61. The quantitative estimate of drug-likeness (QED) is 0.887. The number of amides is 2. The van der Waals surface area contributed by atoms with Gasteiger partial charge in [0, 0.05) is 18.9 Å². The Morgan fingerprint density at radius 3 is 2.57 bits per heavy atom. The fraction of sp³-hybridized carbons (Fsp3) is 0.500. The maximum Gasteiger partial charge on any atom is 0.320 e. The van der Waals surface area contributed by atoms with Crippen LogP contribution in [0.3, 0.4) is 0 Å². The molecule has 7 heteroatoms. The molecule has 120 valence electrons. The average Bonchev–Trinajstić information content (AvgIpc) is 3.44. The summed E-state index contributed by atoms with van der Waals surface area (Å²) in [5.74, 6) is 1.65. The lowest BCUT2D eigenvalue weighted by atomic mass is 10.2. The van der Waals surface area contributed by atoms with Crippen LogP contribution in [0, 0.1) is 0 Å². The van der Waals surface area contributed by atoms with Gasteiger partial charge in [-0.3, -0.25) is 10.00 Å². The predicted molar refractivity (Wildman–Crippen MR) is 85.0 cm³/mol. The number of aromatic nitrogens is 4. The summed E-state index contributed by atoms with van der Waals surface area (Å²) in [6.45, 7) is 0.440. The lowest BCUT2D eigenvalue weighted by molar-refractivity contribution is 0.251. The van der Waals surface area contributed by atoms with E-state index >= 15 is 0 Å². The third kappa shape index (κ3) is 3.33. The Kier molecular flexibility index (Phi) is 3.48. The monoisotopic (exact) mass is 312 g/mol. The van der Waals surface area contributed by atoms with Gasteiger partial charge < -0.3 is 5.32 Å². The molecule has 2 aliphatic rings. The lowest BCUT2D eigenvalue weighted by Crippen LogP contribution is -2.29. The van der Waals surface area contributed by atoms with Crippen molar-refractivity contribution in [3.05, 3.63) is 35.3 Å². The summed E-state index contributed by atoms with van der Waals surface area (Å²) in [4.78, 5) is 12.0. The minimum Gasteiger partial charge on any atom is -0.332 e. The van der Waals surface area contributed by atoms with Crippen LogP contribution in [-0.2, 0) is 13.6 Å². The van der Waals surface area contributed by atoms with Crippen LogP contribution in [0.4, 0.5) is 10.6 Å². The Hall–Kier alpha value is -2.44. The normalized spacial score (nSPS) is 17.1. The number of urea groups is 1. The topological polar surface area (TPSA) is 84.7 Å². The van der Waals surface area contributed by atoms with Gasteiger partial charge in [0.25, 0.3) is 0 Å². The van der Waals surface area contributed by atoms with Crippen LogP contribution >= 0.6 is 0 Å². The molecular weight excluding hydrogens is 292 g/mol. The molecule has 4 rings (SSSR count). The van der Waals surface area contributed by atoms with Gasteiger partial charge in [0.2, 0.25) is 0 Å². The summed E-state index contributed by atoms with van der Waals surface area (Å²) in [6, 6.07) is 5.52. The second kappa shape index (κ2) is 5.64. The molecule has 2 saturated carbocycles. The molecular formula is C16H20N6O. The van der Waals surface area contributed by atoms with Crippen molar-refractivity contribution in [3.63, 3.8) is 0 Å². The van der Waals surface area contributed by atoms with Crippen molar-refractivity contribution in [2.75, 3.05) is 5.32 Å². The zero-order valence-corrected chi connectivity index (χ0v) is 13.1. The molecule has 0 spiro atoms. The van der Waals surface area contributed by atoms with Crippen LogP contribution in [0.25, 0.3) is 0 Å². The second-order valence-electron chi connectivity index (χ2n) is 6.38. The molecule has 2 heterocycles. The van der Waals surface area contributed by atoms with Crippen LogP contribution in [-0.4, -0.2) is 26.0 Å². The zero-order valence-electron chi connectivity index (χ0n) is 13.1. The first-order valence-corrected chi connectivity index (χ1v) is 8.10. The maximum absolute atomic E-state index is 12.0. The van der Waals surface area contributed by atoms with E-state index in [9.17, 15) is 4.79 Å². The van der Waals surface area contributed by atoms with Gasteiger partial charge in [0.15, 0.2) is 5.82 Å². The average molecular weight is 312 g/mol. The van der Waals surface area contributed by atoms with Crippen LogP contribution in [0.5, 0.6) is 0 Å². The van der Waals surface area contributed by atoms with Gasteiger partial charge in [-0.2, -0.15) is 10.2 Å². The largest absolute Gasteiger partial charge is 0.332 e. The fourth-order valence-corrected chi connectivity index (χ4v) is 2.61. The van der Waals surface area contributed by atoms with E-state index in [-0.39, 0.29) is 6.03 Å². The number of anilines is 1. The van der Waals surface area contributed by atoms with Crippen molar-refractivity contribution in [3.8, 4) is 0 Å². The maximum atomic E-state index is 12.0. The summed E-state index contributed by atoms with van der Waals surface area (Å²) < 4.78 is 1.83. The molecule has 2 amide bonds. The number of nitrogens with one attached hydrogen (secondary N) is 2. The molecule has 2 aromatic heterocycles. The van der Waals surface area contributed by atoms with Crippen LogP contribution in [0.2, 0.25) is 0 Å². The van der Waals surface area contributed by atoms with E-state index < -0.39 is 0 Å². The first kappa shape index (κ1) is 14.2. The van der Waals surface area contributed by atoms with Gasteiger partial charge in [0.1, 0.15) is 0 Å². The molecule has 0 aliphatic heterocycles. The molecule has 0 aromatic carbocycles. The van der Waals surface area contributed by atoms with Gasteiger partial charge >= 0.3 is 6.03 Å². The van der Waals surface area contributed by atoms with E-state index in [4.69, 9.17) is 0 Å². The molecule has 0 atom stereocenters. The predicted octanol–water partition coefficient (Wildman–Crippen LogP) is 2.29. The Balaban J connectivity index is 1.31. The SMILES string of the molecule is Cn1nc(C2CC2)cc1CNC(=O)Nc1ccc(C2CC2)nn1. The molecule has 23 heavy (non-hydrogen) atoms. The number of hydrogen-bond acceptors (Lipinski definition) is 4. The van der Waals surface area contributed by atoms with E-state index in [0.717, 1.165) is 17.1 Å². The highest BCUT2D eigenvalue weighted by atomic mass is 16.2. The van der Waals surface area contributed by atoms with Crippen LogP contribution < -0.4 is 10.6 Å². The number of hydrogen-bond donors (Lipinski definition) is 2. The summed E-state index contributed by atoms with van der Waals surface area (Å²) in [5.41, 5.74) is 3.14. The van der Waals surface area contributed by atoms with Gasteiger partial charge in [-0.1, -0.05) is 0 Å². The summed E-state index contributed by atoms with van der Waals surface area (Å²) >= 11 is 0. The van der Waals surface area contributed by atoms with Crippen LogP contribution in [0.1, 0.15) is 54.6 Å². The molecule has 2 N–H and O–H groups in total. The Labute approximate surface area is 134 Å². The highest BCUT2D eigenvalue weighted by molar-refractivity contribution is 5.87. The van der Waals surface area contributed by atoms with E-state index in [2.05, 4.69) is 32.0 Å². The number of nitrogens with zero attached hydrogens (tertiary/aromatic N) is 4. The molecule has 0 unspecified atom stereocenters. The molecule has 0 radical (unpaired) electrons. The van der Waals surface area contributed by atoms with Crippen LogP contribution in [0.15, 0.2) is 18.2 Å². The van der Waals surface area contributed by atoms with Crippen molar-refractivity contribution >= 4 is 11.8 Å². The Bertz CT molecular complexity index is 715. The highest BCUT2D eigenvalue weighted by Gasteiger charge is 2.27. The first-order chi connectivity index (χ1) is 11.2. The number of carbonyl (C=O) groups excluding carboxylic acids is 1. The smallest absolute Gasteiger partial charge is 0.320 e. The number of carbonyl (C=O) groups is 1. The Morgan fingerprint density at radius 1 is 1.17 bits per heavy atom. The van der Waals surface area contributed by atoms with Crippen molar-refractivity contribution in [1.82, 2.24) is 25.3 Å². The molecule has 0 bridgehead atoms. The second-order valence-corrected chi connectivity index (χ2v) is 6.38. The Morgan fingerprint density at radius 2 is 1.91 bits per heavy atom. The molecule has 2 aliphatic carbocycles. The highest BCUT2D eigenvalue weighted by Crippen LogP contribution is 2.39. The van der Waals surface area contributed by atoms with E-state index in [1.165, 1.54) is 25.7 Å². The standard InChI is InChI=1S/C16H20N6O/c1-22-12(8-14(21-22)11-4-5-11)9-17-16(23)18-15-7-6-13(19-20-15)10-2-3-10/h6-8,10-11H,2-5,9H2,1H3,(H2,17,18,20,23). The number of aryl methyl sites for hydroxylation is 1. The lowest BCUT2D eigenvalue weighted by Gasteiger charge is -2.07. The van der Waals surface area contributed by atoms with Crippen molar-refractivity contribution in [2.24, 2.45) is 7.05 Å². The minimum atomic E-state index is -0.285. The molecule has 2 aromatic rings. The van der Waals surface area contributed by atoms with E-state index in [1.807, 2.05) is 17.8 Å². The van der Waals surface area contributed by atoms with Gasteiger partial charge in [-0.25, -0.2) is 4.79 Å². The van der Waals surface area contributed by atoms with Gasteiger partial charge in [0.05, 0.1) is 23.6 Å². The van der Waals surface area contributed by atoms with E-state index in [1.54, 1.807) is 6.07 Å². The minimum absolute atomic E-state index is 0.285. The molecule has 2 fully saturated rings. The van der Waals surface area contributed by atoms with E-state index in [0.29, 0.717) is 24.2 Å².